The molecule has 3 atom stereocenters. The molecule has 0 bridgehead atoms. The Morgan fingerprint density at radius 2 is 1.95 bits per heavy atom. The summed E-state index contributed by atoms with van der Waals surface area (Å²) in [6.07, 6.45) is 8.18. The Labute approximate surface area is 132 Å². The molecule has 0 radical (unpaired) electrons. The first-order valence-corrected chi connectivity index (χ1v) is 9.30. The van der Waals surface area contributed by atoms with E-state index in [0.29, 0.717) is 0 Å². The van der Waals surface area contributed by atoms with Crippen LogP contribution in [-0.2, 0) is 0 Å². The van der Waals surface area contributed by atoms with Crippen LogP contribution < -0.4 is 5.73 Å². The van der Waals surface area contributed by atoms with Crippen LogP contribution in [0.2, 0.25) is 0 Å². The van der Waals surface area contributed by atoms with Gasteiger partial charge in [-0.25, -0.2) is 0 Å². The second-order valence-corrected chi connectivity index (χ2v) is 7.71. The van der Waals surface area contributed by atoms with E-state index in [1.165, 1.54) is 64.7 Å². The minimum atomic E-state index is 0.742. The van der Waals surface area contributed by atoms with Crippen molar-refractivity contribution in [3.8, 4) is 0 Å². The molecule has 124 valence electrons. The number of hydrogen-bond acceptors (Lipinski definition) is 3. The van der Waals surface area contributed by atoms with Crippen molar-refractivity contribution < 1.29 is 0 Å². The summed E-state index contributed by atoms with van der Waals surface area (Å²) in [5, 5.41) is 0. The maximum absolute atomic E-state index is 5.76. The molecule has 0 saturated carbocycles. The second-order valence-electron chi connectivity index (χ2n) is 7.71. The molecule has 3 nitrogen and oxygen atoms in total. The minimum Gasteiger partial charge on any atom is -0.330 e. The summed E-state index contributed by atoms with van der Waals surface area (Å²) in [6, 6.07) is 1.59. The Morgan fingerprint density at radius 1 is 1.14 bits per heavy atom. The Balaban J connectivity index is 1.74. The molecule has 0 spiro atoms. The summed E-state index contributed by atoms with van der Waals surface area (Å²) in [5.41, 5.74) is 5.76. The van der Waals surface area contributed by atoms with Gasteiger partial charge in [0.2, 0.25) is 0 Å². The molecule has 3 unspecified atom stereocenters. The number of hydrogen-bond donors (Lipinski definition) is 1. The van der Waals surface area contributed by atoms with Gasteiger partial charge in [-0.3, -0.25) is 9.80 Å². The van der Waals surface area contributed by atoms with Gasteiger partial charge in [-0.05, 0) is 70.5 Å². The number of nitrogens with zero attached hydrogens (tertiary/aromatic N) is 2. The van der Waals surface area contributed by atoms with Crippen molar-refractivity contribution in [3.63, 3.8) is 0 Å². The van der Waals surface area contributed by atoms with Crippen LogP contribution in [0.15, 0.2) is 0 Å². The van der Waals surface area contributed by atoms with Crippen molar-refractivity contribution in [2.75, 3.05) is 32.7 Å². The fourth-order valence-corrected chi connectivity index (χ4v) is 4.31. The molecule has 2 saturated heterocycles. The number of piperazine rings is 1. The highest BCUT2D eigenvalue weighted by atomic mass is 15.3. The van der Waals surface area contributed by atoms with Crippen LogP contribution >= 0.6 is 0 Å². The van der Waals surface area contributed by atoms with Gasteiger partial charge in [-0.15, -0.1) is 0 Å². The molecule has 0 aliphatic carbocycles. The van der Waals surface area contributed by atoms with Crippen LogP contribution in [-0.4, -0.2) is 54.6 Å². The van der Waals surface area contributed by atoms with Gasteiger partial charge in [0.05, 0.1) is 0 Å². The fraction of sp³-hybridized carbons (Fsp3) is 1.00. The zero-order chi connectivity index (χ0) is 15.2. The maximum Gasteiger partial charge on any atom is 0.0223 e. The molecule has 3 heteroatoms. The van der Waals surface area contributed by atoms with Crippen molar-refractivity contribution in [1.29, 1.82) is 0 Å². The summed E-state index contributed by atoms with van der Waals surface area (Å²) < 4.78 is 0. The van der Waals surface area contributed by atoms with Gasteiger partial charge in [0, 0.05) is 25.2 Å². The van der Waals surface area contributed by atoms with Crippen LogP contribution in [0.4, 0.5) is 0 Å². The topological polar surface area (TPSA) is 32.5 Å². The quantitative estimate of drug-likeness (QED) is 0.784. The molecule has 0 aromatic carbocycles. The zero-order valence-corrected chi connectivity index (χ0v) is 14.6. The maximum atomic E-state index is 5.76. The first kappa shape index (κ1) is 17.2. The van der Waals surface area contributed by atoms with Gasteiger partial charge in [0.1, 0.15) is 0 Å². The standard InChI is InChI=1S/C18H37N3/c1-15(2)17(9-10-19)7-6-12-20-14-18-8-4-5-11-21(18)13-16(20)3/h15-18H,4-14,19H2,1-3H3. The van der Waals surface area contributed by atoms with Gasteiger partial charge in [0.15, 0.2) is 0 Å². The lowest BCUT2D eigenvalue weighted by molar-refractivity contribution is 0.0138. The van der Waals surface area contributed by atoms with E-state index in [9.17, 15) is 0 Å². The third-order valence-electron chi connectivity index (χ3n) is 5.82. The van der Waals surface area contributed by atoms with E-state index < -0.39 is 0 Å². The molecule has 0 amide bonds. The summed E-state index contributed by atoms with van der Waals surface area (Å²) in [4.78, 5) is 5.50. The van der Waals surface area contributed by atoms with Crippen molar-refractivity contribution in [1.82, 2.24) is 9.80 Å². The molecule has 2 fully saturated rings. The lowest BCUT2D eigenvalue weighted by Gasteiger charge is -2.47. The summed E-state index contributed by atoms with van der Waals surface area (Å²) in [7, 11) is 0. The van der Waals surface area contributed by atoms with E-state index in [2.05, 4.69) is 30.6 Å². The largest absolute Gasteiger partial charge is 0.330 e. The van der Waals surface area contributed by atoms with Crippen LogP contribution in [0.25, 0.3) is 0 Å². The molecule has 2 aliphatic heterocycles. The molecular weight excluding hydrogens is 258 g/mol. The van der Waals surface area contributed by atoms with Gasteiger partial charge < -0.3 is 5.73 Å². The molecule has 0 aromatic rings. The molecule has 2 N–H and O–H groups in total. The zero-order valence-electron chi connectivity index (χ0n) is 14.6. The van der Waals surface area contributed by atoms with E-state index in [-0.39, 0.29) is 0 Å². The Morgan fingerprint density at radius 3 is 2.67 bits per heavy atom. The second kappa shape index (κ2) is 8.50. The first-order valence-electron chi connectivity index (χ1n) is 9.30. The molecule has 2 heterocycles. The predicted molar refractivity (Wildman–Crippen MR) is 91.5 cm³/mol. The first-order chi connectivity index (χ1) is 10.1. The van der Waals surface area contributed by atoms with Crippen molar-refractivity contribution in [2.45, 2.75) is 71.4 Å². The smallest absolute Gasteiger partial charge is 0.0223 e. The van der Waals surface area contributed by atoms with E-state index in [4.69, 9.17) is 5.73 Å². The Kier molecular flexibility index (Phi) is 6.97. The average Bonchev–Trinajstić information content (AvgIpc) is 2.46. The lowest BCUT2D eigenvalue weighted by atomic mass is 9.88. The Hall–Kier alpha value is -0.120. The number of nitrogens with two attached hydrogens (primary N) is 1. The lowest BCUT2D eigenvalue weighted by Crippen LogP contribution is -2.58. The third kappa shape index (κ3) is 4.94. The van der Waals surface area contributed by atoms with Gasteiger partial charge >= 0.3 is 0 Å². The SMILES string of the molecule is CC(C)C(CCN)CCCN1CC2CCCCN2CC1C. The van der Waals surface area contributed by atoms with Crippen LogP contribution in [0.1, 0.15) is 59.3 Å². The van der Waals surface area contributed by atoms with Crippen LogP contribution in [0.3, 0.4) is 0 Å². The van der Waals surface area contributed by atoms with E-state index in [1.54, 1.807) is 0 Å². The third-order valence-corrected chi connectivity index (χ3v) is 5.82. The highest BCUT2D eigenvalue weighted by molar-refractivity contribution is 4.89. The minimum absolute atomic E-state index is 0.742. The monoisotopic (exact) mass is 295 g/mol. The normalized spacial score (nSPS) is 29.6. The molecule has 0 aromatic heterocycles. The molecule has 21 heavy (non-hydrogen) atoms. The predicted octanol–water partition coefficient (Wildman–Crippen LogP) is 2.95. The van der Waals surface area contributed by atoms with Gasteiger partial charge in [-0.1, -0.05) is 20.3 Å². The van der Waals surface area contributed by atoms with Gasteiger partial charge in [-0.2, -0.15) is 0 Å². The van der Waals surface area contributed by atoms with Crippen LogP contribution in [0, 0.1) is 11.8 Å². The van der Waals surface area contributed by atoms with E-state index >= 15 is 0 Å². The van der Waals surface area contributed by atoms with E-state index in [1.807, 2.05) is 0 Å². The highest BCUT2D eigenvalue weighted by Crippen LogP contribution is 2.25. The number of piperidine rings is 1. The summed E-state index contributed by atoms with van der Waals surface area (Å²) >= 11 is 0. The van der Waals surface area contributed by atoms with E-state index in [0.717, 1.165) is 30.5 Å². The van der Waals surface area contributed by atoms with Crippen molar-refractivity contribution in [2.24, 2.45) is 17.6 Å². The highest BCUT2D eigenvalue weighted by Gasteiger charge is 2.32. The molecule has 2 aliphatic rings. The van der Waals surface area contributed by atoms with Crippen molar-refractivity contribution >= 4 is 0 Å². The summed E-state index contributed by atoms with van der Waals surface area (Å²) in [6.45, 7) is 13.2. The molecule has 2 rings (SSSR count). The fourth-order valence-electron chi connectivity index (χ4n) is 4.31. The van der Waals surface area contributed by atoms with Crippen molar-refractivity contribution in [3.05, 3.63) is 0 Å². The average molecular weight is 296 g/mol. The number of rotatable bonds is 7. The molecular formula is C18H37N3. The Bertz CT molecular complexity index is 292. The van der Waals surface area contributed by atoms with Crippen LogP contribution in [0.5, 0.6) is 0 Å². The van der Waals surface area contributed by atoms with Gasteiger partial charge in [0.25, 0.3) is 0 Å². The summed E-state index contributed by atoms with van der Waals surface area (Å²) in [5.74, 6) is 1.60. The number of fused-ring (bicyclic) bond motifs is 1.